The van der Waals surface area contributed by atoms with Crippen molar-refractivity contribution in [1.29, 1.82) is 0 Å². The summed E-state index contributed by atoms with van der Waals surface area (Å²) in [5.41, 5.74) is 0.556. The maximum Gasteiger partial charge on any atom is 0.339 e. The van der Waals surface area contributed by atoms with Crippen LogP contribution in [0.3, 0.4) is 0 Å². The fourth-order valence-corrected chi connectivity index (χ4v) is 1.22. The van der Waals surface area contributed by atoms with E-state index in [1.165, 1.54) is 0 Å². The van der Waals surface area contributed by atoms with Gasteiger partial charge in [0, 0.05) is 0 Å². The minimum Gasteiger partial charge on any atom is -0.449 e. The predicted molar refractivity (Wildman–Crippen MR) is 76.6 cm³/mol. The monoisotopic (exact) mass is 252 g/mol. The molecule has 2 heteroatoms. The summed E-state index contributed by atoms with van der Waals surface area (Å²) in [4.78, 5) is 11.2. The number of ether oxygens (including phenoxy) is 1. The lowest BCUT2D eigenvalue weighted by atomic mass is 10.2. The second-order valence-electron chi connectivity index (χ2n) is 3.52. The molecule has 0 fully saturated rings. The standard InChI is InChI=1S/C11H10O2.C6H6/c1-2-3-9-13-11(12)10-7-5-4-6-8-10;1-2-4-6-5-3-1/h4-8H,9H2,1H3;1-6H. The molecule has 2 aromatic carbocycles. The van der Waals surface area contributed by atoms with E-state index in [-0.39, 0.29) is 12.6 Å². The van der Waals surface area contributed by atoms with Crippen LogP contribution in [-0.2, 0) is 4.74 Å². The lowest BCUT2D eigenvalue weighted by Gasteiger charge is -1.99. The average Bonchev–Trinajstić information content (AvgIpc) is 2.51. The Kier molecular flexibility index (Phi) is 7.26. The Labute approximate surface area is 114 Å². The third-order valence-electron chi connectivity index (χ3n) is 2.13. The highest BCUT2D eigenvalue weighted by Crippen LogP contribution is 2.00. The molecule has 0 saturated heterocycles. The van der Waals surface area contributed by atoms with E-state index >= 15 is 0 Å². The van der Waals surface area contributed by atoms with Gasteiger partial charge >= 0.3 is 5.97 Å². The molecule has 96 valence electrons. The van der Waals surface area contributed by atoms with Crippen LogP contribution in [0, 0.1) is 11.8 Å². The lowest BCUT2D eigenvalue weighted by molar-refractivity contribution is 0.0556. The number of hydrogen-bond donors (Lipinski definition) is 0. The first-order valence-electron chi connectivity index (χ1n) is 5.96. The number of rotatable bonds is 2. The van der Waals surface area contributed by atoms with Crippen molar-refractivity contribution in [2.75, 3.05) is 6.61 Å². The molecule has 0 aliphatic carbocycles. The minimum absolute atomic E-state index is 0.157. The first-order valence-corrected chi connectivity index (χ1v) is 5.96. The topological polar surface area (TPSA) is 26.3 Å². The summed E-state index contributed by atoms with van der Waals surface area (Å²) >= 11 is 0. The van der Waals surface area contributed by atoms with Crippen molar-refractivity contribution in [3.63, 3.8) is 0 Å². The van der Waals surface area contributed by atoms with E-state index in [2.05, 4.69) is 11.8 Å². The molecule has 0 saturated carbocycles. The van der Waals surface area contributed by atoms with Gasteiger partial charge in [0.15, 0.2) is 6.61 Å². The van der Waals surface area contributed by atoms with Gasteiger partial charge in [-0.25, -0.2) is 4.79 Å². The fraction of sp³-hybridized carbons (Fsp3) is 0.118. The van der Waals surface area contributed by atoms with E-state index in [0.717, 1.165) is 0 Å². The van der Waals surface area contributed by atoms with Gasteiger partial charge in [0.2, 0.25) is 0 Å². The normalized spacial score (nSPS) is 8.26. The number of esters is 1. The average molecular weight is 252 g/mol. The summed E-state index contributed by atoms with van der Waals surface area (Å²) in [6, 6.07) is 20.9. The van der Waals surface area contributed by atoms with Crippen molar-refractivity contribution in [3.8, 4) is 11.8 Å². The van der Waals surface area contributed by atoms with Crippen molar-refractivity contribution in [2.24, 2.45) is 0 Å². The Morgan fingerprint density at radius 3 is 1.89 bits per heavy atom. The highest BCUT2D eigenvalue weighted by atomic mass is 16.5. The van der Waals surface area contributed by atoms with Crippen LogP contribution in [0.1, 0.15) is 17.3 Å². The third-order valence-corrected chi connectivity index (χ3v) is 2.13. The van der Waals surface area contributed by atoms with Crippen molar-refractivity contribution in [3.05, 3.63) is 72.3 Å². The fourth-order valence-electron chi connectivity index (χ4n) is 1.22. The van der Waals surface area contributed by atoms with Gasteiger partial charge in [0.25, 0.3) is 0 Å². The number of benzene rings is 2. The third kappa shape index (κ3) is 6.70. The molecule has 2 aromatic rings. The van der Waals surface area contributed by atoms with Crippen molar-refractivity contribution in [1.82, 2.24) is 0 Å². The molecule has 0 amide bonds. The molecule has 0 spiro atoms. The zero-order valence-electron chi connectivity index (χ0n) is 10.9. The molecule has 0 bridgehead atoms. The summed E-state index contributed by atoms with van der Waals surface area (Å²) in [7, 11) is 0. The number of carbonyl (C=O) groups excluding carboxylic acids is 1. The Hall–Kier alpha value is -2.53. The van der Waals surface area contributed by atoms with Gasteiger partial charge in [-0.3, -0.25) is 0 Å². The van der Waals surface area contributed by atoms with E-state index in [1.807, 2.05) is 42.5 Å². The lowest BCUT2D eigenvalue weighted by Crippen LogP contribution is -2.04. The van der Waals surface area contributed by atoms with E-state index in [1.54, 1.807) is 31.2 Å². The van der Waals surface area contributed by atoms with Crippen LogP contribution >= 0.6 is 0 Å². The van der Waals surface area contributed by atoms with E-state index < -0.39 is 0 Å². The molecule has 0 N–H and O–H groups in total. The SMILES string of the molecule is CC#CCOC(=O)c1ccccc1.c1ccccc1. The van der Waals surface area contributed by atoms with Gasteiger partial charge in [-0.05, 0) is 19.1 Å². The maximum atomic E-state index is 11.2. The smallest absolute Gasteiger partial charge is 0.339 e. The minimum atomic E-state index is -0.330. The molecular weight excluding hydrogens is 236 g/mol. The van der Waals surface area contributed by atoms with Crippen LogP contribution in [0.2, 0.25) is 0 Å². The van der Waals surface area contributed by atoms with Gasteiger partial charge in [-0.1, -0.05) is 60.5 Å². The van der Waals surface area contributed by atoms with Gasteiger partial charge in [-0.2, -0.15) is 0 Å². The van der Waals surface area contributed by atoms with Gasteiger partial charge in [0.05, 0.1) is 5.56 Å². The molecule has 2 nitrogen and oxygen atoms in total. The Bertz CT molecular complexity index is 495. The first-order chi connectivity index (χ1) is 9.34. The van der Waals surface area contributed by atoms with Crippen molar-refractivity contribution >= 4 is 5.97 Å². The first kappa shape index (κ1) is 14.5. The van der Waals surface area contributed by atoms with E-state index in [0.29, 0.717) is 5.56 Å². The summed E-state index contributed by atoms with van der Waals surface area (Å²) in [6.07, 6.45) is 0. The van der Waals surface area contributed by atoms with Crippen LogP contribution in [0.25, 0.3) is 0 Å². The summed E-state index contributed by atoms with van der Waals surface area (Å²) in [6.45, 7) is 1.86. The molecule has 0 atom stereocenters. The zero-order valence-corrected chi connectivity index (χ0v) is 10.9. The van der Waals surface area contributed by atoms with E-state index in [9.17, 15) is 4.79 Å². The summed E-state index contributed by atoms with van der Waals surface area (Å²) < 4.78 is 4.86. The van der Waals surface area contributed by atoms with Gasteiger partial charge < -0.3 is 4.74 Å². The Morgan fingerprint density at radius 2 is 1.42 bits per heavy atom. The van der Waals surface area contributed by atoms with Gasteiger partial charge in [0.1, 0.15) is 0 Å². The molecule has 0 aromatic heterocycles. The highest BCUT2D eigenvalue weighted by Gasteiger charge is 2.03. The molecule has 19 heavy (non-hydrogen) atoms. The molecule has 0 aliphatic heterocycles. The van der Waals surface area contributed by atoms with Crippen LogP contribution in [0.5, 0.6) is 0 Å². The predicted octanol–water partition coefficient (Wildman–Crippen LogP) is 3.55. The summed E-state index contributed by atoms with van der Waals surface area (Å²) in [5, 5.41) is 0. The molecule has 0 unspecified atom stereocenters. The Balaban J connectivity index is 0.000000250. The number of carbonyl (C=O) groups is 1. The Morgan fingerprint density at radius 1 is 0.947 bits per heavy atom. The second kappa shape index (κ2) is 9.49. The molecule has 0 radical (unpaired) electrons. The van der Waals surface area contributed by atoms with Crippen molar-refractivity contribution < 1.29 is 9.53 Å². The van der Waals surface area contributed by atoms with Crippen LogP contribution in [0.4, 0.5) is 0 Å². The maximum absolute atomic E-state index is 11.2. The molecule has 2 rings (SSSR count). The van der Waals surface area contributed by atoms with Crippen LogP contribution < -0.4 is 0 Å². The summed E-state index contributed by atoms with van der Waals surface area (Å²) in [5.74, 6) is 4.97. The highest BCUT2D eigenvalue weighted by molar-refractivity contribution is 5.89. The molecule has 0 heterocycles. The largest absolute Gasteiger partial charge is 0.449 e. The number of hydrogen-bond acceptors (Lipinski definition) is 2. The molecule has 0 aliphatic rings. The quantitative estimate of drug-likeness (QED) is 0.603. The zero-order chi connectivity index (χ0) is 13.8. The van der Waals surface area contributed by atoms with E-state index in [4.69, 9.17) is 4.74 Å². The molecular formula is C17H16O2. The second-order valence-corrected chi connectivity index (χ2v) is 3.52. The van der Waals surface area contributed by atoms with Gasteiger partial charge in [-0.15, -0.1) is 5.92 Å². The van der Waals surface area contributed by atoms with Crippen LogP contribution in [0.15, 0.2) is 66.7 Å². The van der Waals surface area contributed by atoms with Crippen molar-refractivity contribution in [2.45, 2.75) is 6.92 Å². The van der Waals surface area contributed by atoms with Crippen LogP contribution in [-0.4, -0.2) is 12.6 Å².